The lowest BCUT2D eigenvalue weighted by Gasteiger charge is -2.17. The van der Waals surface area contributed by atoms with Crippen LogP contribution in [0.2, 0.25) is 0 Å². The van der Waals surface area contributed by atoms with Crippen LogP contribution >= 0.6 is 0 Å². The minimum atomic E-state index is -0.350. The molecule has 0 atom stereocenters. The van der Waals surface area contributed by atoms with Crippen molar-refractivity contribution in [1.82, 2.24) is 0 Å². The minimum absolute atomic E-state index is 0.304. The fourth-order valence-corrected chi connectivity index (χ4v) is 2.49. The second kappa shape index (κ2) is 4.20. The van der Waals surface area contributed by atoms with E-state index in [0.29, 0.717) is 22.5 Å². The van der Waals surface area contributed by atoms with Gasteiger partial charge in [-0.1, -0.05) is 18.2 Å². The van der Waals surface area contributed by atoms with Crippen LogP contribution in [0.3, 0.4) is 0 Å². The zero-order chi connectivity index (χ0) is 14.4. The van der Waals surface area contributed by atoms with E-state index in [1.165, 1.54) is 4.90 Å². The summed E-state index contributed by atoms with van der Waals surface area (Å²) in [5.41, 5.74) is 9.34. The van der Waals surface area contributed by atoms with Gasteiger partial charge in [-0.15, -0.1) is 0 Å². The highest BCUT2D eigenvalue weighted by atomic mass is 16.2. The highest BCUT2D eigenvalue weighted by Gasteiger charge is 2.38. The quantitative estimate of drug-likeness (QED) is 0.637. The summed E-state index contributed by atoms with van der Waals surface area (Å²) >= 11 is 0. The summed E-state index contributed by atoms with van der Waals surface area (Å²) in [6.45, 7) is 3.80. The van der Waals surface area contributed by atoms with Gasteiger partial charge >= 0.3 is 0 Å². The molecule has 20 heavy (non-hydrogen) atoms. The molecule has 3 rings (SSSR count). The molecule has 2 N–H and O–H groups in total. The molecule has 4 nitrogen and oxygen atoms in total. The number of aryl methyl sites for hydroxylation is 2. The minimum Gasteiger partial charge on any atom is -0.398 e. The Bertz CT molecular complexity index is 750. The van der Waals surface area contributed by atoms with E-state index in [2.05, 4.69) is 0 Å². The number of fused-ring (bicyclic) bond motifs is 1. The summed E-state index contributed by atoms with van der Waals surface area (Å²) < 4.78 is 0. The van der Waals surface area contributed by atoms with E-state index in [1.54, 1.807) is 18.2 Å². The van der Waals surface area contributed by atoms with Crippen molar-refractivity contribution < 1.29 is 9.59 Å². The van der Waals surface area contributed by atoms with Crippen LogP contribution in [-0.4, -0.2) is 11.8 Å². The van der Waals surface area contributed by atoms with E-state index in [9.17, 15) is 9.59 Å². The van der Waals surface area contributed by atoms with Crippen LogP contribution in [0.4, 0.5) is 11.4 Å². The van der Waals surface area contributed by atoms with Crippen LogP contribution in [0, 0.1) is 13.8 Å². The van der Waals surface area contributed by atoms with Gasteiger partial charge in [0.1, 0.15) is 0 Å². The molecule has 0 saturated heterocycles. The fourth-order valence-electron chi connectivity index (χ4n) is 2.49. The van der Waals surface area contributed by atoms with E-state index in [4.69, 9.17) is 5.73 Å². The predicted octanol–water partition coefficient (Wildman–Crippen LogP) is 2.69. The zero-order valence-corrected chi connectivity index (χ0v) is 11.3. The SMILES string of the molecule is Cc1ccc(C)c(N2C(=O)c3cccc(N)c3C2=O)c1. The first-order valence-corrected chi connectivity index (χ1v) is 6.35. The average molecular weight is 266 g/mol. The van der Waals surface area contributed by atoms with Gasteiger partial charge in [0, 0.05) is 5.69 Å². The predicted molar refractivity (Wildman–Crippen MR) is 77.9 cm³/mol. The summed E-state index contributed by atoms with van der Waals surface area (Å²) in [7, 11) is 0. The first kappa shape index (κ1) is 12.4. The number of nitrogens with two attached hydrogens (primary N) is 1. The number of carbonyl (C=O) groups is 2. The number of hydrogen-bond acceptors (Lipinski definition) is 3. The normalized spacial score (nSPS) is 13.8. The third kappa shape index (κ3) is 1.61. The molecule has 0 fully saturated rings. The van der Waals surface area contributed by atoms with Gasteiger partial charge in [0.2, 0.25) is 0 Å². The van der Waals surface area contributed by atoms with Crippen molar-refractivity contribution >= 4 is 23.2 Å². The Kier molecular flexibility index (Phi) is 2.61. The third-order valence-corrected chi connectivity index (χ3v) is 3.55. The molecule has 2 aromatic carbocycles. The molecule has 0 aliphatic carbocycles. The van der Waals surface area contributed by atoms with Crippen molar-refractivity contribution in [2.45, 2.75) is 13.8 Å². The summed E-state index contributed by atoms with van der Waals surface area (Å²) in [6, 6.07) is 10.6. The summed E-state index contributed by atoms with van der Waals surface area (Å²) in [4.78, 5) is 26.2. The van der Waals surface area contributed by atoms with Gasteiger partial charge in [-0.25, -0.2) is 4.90 Å². The number of benzene rings is 2. The highest BCUT2D eigenvalue weighted by Crippen LogP contribution is 2.33. The summed E-state index contributed by atoms with van der Waals surface area (Å²) in [5.74, 6) is -0.664. The molecule has 1 aliphatic heterocycles. The van der Waals surface area contributed by atoms with Crippen LogP contribution < -0.4 is 10.6 Å². The fraction of sp³-hybridized carbons (Fsp3) is 0.125. The number of nitrogen functional groups attached to an aromatic ring is 1. The van der Waals surface area contributed by atoms with Gasteiger partial charge in [0.05, 0.1) is 16.8 Å². The topological polar surface area (TPSA) is 63.4 Å². The maximum atomic E-state index is 12.5. The summed E-state index contributed by atoms with van der Waals surface area (Å²) in [6.07, 6.45) is 0. The molecule has 0 bridgehead atoms. The van der Waals surface area contributed by atoms with Gasteiger partial charge in [-0.2, -0.15) is 0 Å². The average Bonchev–Trinajstić information content (AvgIpc) is 2.66. The van der Waals surface area contributed by atoms with Gasteiger partial charge < -0.3 is 5.73 Å². The first-order valence-electron chi connectivity index (χ1n) is 6.35. The lowest BCUT2D eigenvalue weighted by Crippen LogP contribution is -2.30. The van der Waals surface area contributed by atoms with Crippen LogP contribution in [0.5, 0.6) is 0 Å². The Morgan fingerprint density at radius 1 is 1.00 bits per heavy atom. The highest BCUT2D eigenvalue weighted by molar-refractivity contribution is 6.36. The molecule has 2 amide bonds. The molecule has 100 valence electrons. The maximum Gasteiger partial charge on any atom is 0.268 e. The van der Waals surface area contributed by atoms with Crippen LogP contribution in [0.15, 0.2) is 36.4 Å². The Morgan fingerprint density at radius 2 is 1.75 bits per heavy atom. The van der Waals surface area contributed by atoms with E-state index in [0.717, 1.165) is 11.1 Å². The Morgan fingerprint density at radius 3 is 2.45 bits per heavy atom. The Hall–Kier alpha value is -2.62. The molecule has 0 aromatic heterocycles. The van der Waals surface area contributed by atoms with Crippen molar-refractivity contribution in [3.05, 3.63) is 58.7 Å². The standard InChI is InChI=1S/C16H14N2O2/c1-9-6-7-10(2)13(8-9)18-15(19)11-4-3-5-12(17)14(11)16(18)20/h3-8H,17H2,1-2H3. The number of hydrogen-bond donors (Lipinski definition) is 1. The second-order valence-electron chi connectivity index (χ2n) is 5.01. The van der Waals surface area contributed by atoms with Gasteiger partial charge in [-0.3, -0.25) is 9.59 Å². The van der Waals surface area contributed by atoms with Crippen molar-refractivity contribution in [2.75, 3.05) is 10.6 Å². The molecule has 2 aromatic rings. The smallest absolute Gasteiger partial charge is 0.268 e. The number of anilines is 2. The lowest BCUT2D eigenvalue weighted by atomic mass is 10.1. The molecular weight excluding hydrogens is 252 g/mol. The molecule has 4 heteroatoms. The van der Waals surface area contributed by atoms with Gasteiger partial charge in [0.25, 0.3) is 11.8 Å². The molecule has 0 unspecified atom stereocenters. The monoisotopic (exact) mass is 266 g/mol. The molecule has 0 spiro atoms. The van der Waals surface area contributed by atoms with Crippen molar-refractivity contribution in [3.63, 3.8) is 0 Å². The summed E-state index contributed by atoms with van der Waals surface area (Å²) in [5, 5.41) is 0. The second-order valence-corrected chi connectivity index (χ2v) is 5.01. The van der Waals surface area contributed by atoms with Crippen LogP contribution in [-0.2, 0) is 0 Å². The molecule has 1 heterocycles. The van der Waals surface area contributed by atoms with Gasteiger partial charge in [0.15, 0.2) is 0 Å². The molecule has 0 radical (unpaired) electrons. The number of carbonyl (C=O) groups excluding carboxylic acids is 2. The molecular formula is C16H14N2O2. The lowest BCUT2D eigenvalue weighted by molar-refractivity contribution is 0.0926. The molecule has 0 saturated carbocycles. The number of imide groups is 1. The van der Waals surface area contributed by atoms with Crippen LogP contribution in [0.25, 0.3) is 0 Å². The third-order valence-electron chi connectivity index (χ3n) is 3.55. The number of amides is 2. The molecule has 1 aliphatic rings. The van der Waals surface area contributed by atoms with Crippen molar-refractivity contribution in [2.24, 2.45) is 0 Å². The van der Waals surface area contributed by atoms with E-state index in [-0.39, 0.29) is 11.8 Å². The largest absolute Gasteiger partial charge is 0.398 e. The number of rotatable bonds is 1. The Balaban J connectivity index is 2.19. The van der Waals surface area contributed by atoms with Crippen molar-refractivity contribution in [1.29, 1.82) is 0 Å². The van der Waals surface area contributed by atoms with E-state index >= 15 is 0 Å². The van der Waals surface area contributed by atoms with E-state index < -0.39 is 0 Å². The first-order chi connectivity index (χ1) is 9.50. The Labute approximate surface area is 116 Å². The van der Waals surface area contributed by atoms with Crippen molar-refractivity contribution in [3.8, 4) is 0 Å². The maximum absolute atomic E-state index is 12.5. The zero-order valence-electron chi connectivity index (χ0n) is 11.3. The van der Waals surface area contributed by atoms with E-state index in [1.807, 2.05) is 32.0 Å². The van der Waals surface area contributed by atoms with Crippen LogP contribution in [0.1, 0.15) is 31.8 Å². The van der Waals surface area contributed by atoms with Gasteiger partial charge in [-0.05, 0) is 43.2 Å². The number of nitrogens with zero attached hydrogens (tertiary/aromatic N) is 1.